The third kappa shape index (κ3) is 2.88. The molecule has 20 heavy (non-hydrogen) atoms. The minimum Gasteiger partial charge on any atom is -0.382 e. The van der Waals surface area contributed by atoms with Gasteiger partial charge in [0.05, 0.1) is 12.1 Å². The molecule has 0 radical (unpaired) electrons. The highest BCUT2D eigenvalue weighted by Crippen LogP contribution is 2.38. The van der Waals surface area contributed by atoms with Crippen molar-refractivity contribution in [2.45, 2.75) is 0 Å². The predicted molar refractivity (Wildman–Crippen MR) is 81.7 cm³/mol. The van der Waals surface area contributed by atoms with Crippen LogP contribution in [0.1, 0.15) is 0 Å². The first-order chi connectivity index (χ1) is 9.50. The molecule has 0 unspecified atom stereocenters. The average molecular weight is 291 g/mol. The molecule has 106 valence electrons. The molecule has 0 aromatic carbocycles. The Balaban J connectivity index is 2.32. The minimum atomic E-state index is 0.0246. The van der Waals surface area contributed by atoms with Crippen molar-refractivity contribution < 1.29 is 4.79 Å². The number of likely N-dealkylation sites (N-methyl/N-ethyl adjacent to an activating group) is 2. The molecule has 2 N–H and O–H groups in total. The molecule has 7 heteroatoms. The van der Waals surface area contributed by atoms with Gasteiger partial charge in [-0.1, -0.05) is 6.07 Å². The number of nitrogens with two attached hydrogens (primary N) is 1. The van der Waals surface area contributed by atoms with Crippen molar-refractivity contribution in [3.05, 3.63) is 24.5 Å². The van der Waals surface area contributed by atoms with Crippen LogP contribution < -0.4 is 10.6 Å². The number of nitrogens with zero attached hydrogens (tertiary/aromatic N) is 4. The molecular formula is C13H17N5OS. The summed E-state index contributed by atoms with van der Waals surface area (Å²) in [5.41, 5.74) is 7.68. The number of carbonyl (C=O) groups is 1. The zero-order valence-corrected chi connectivity index (χ0v) is 12.5. The highest BCUT2D eigenvalue weighted by atomic mass is 32.1. The molecule has 6 nitrogen and oxygen atoms in total. The van der Waals surface area contributed by atoms with E-state index in [4.69, 9.17) is 5.73 Å². The van der Waals surface area contributed by atoms with Crippen LogP contribution in [0.2, 0.25) is 0 Å². The van der Waals surface area contributed by atoms with Crippen molar-refractivity contribution in [3.8, 4) is 11.1 Å². The predicted octanol–water partition coefficient (Wildman–Crippen LogP) is 1.31. The summed E-state index contributed by atoms with van der Waals surface area (Å²) in [6.45, 7) is 0.280. The van der Waals surface area contributed by atoms with Gasteiger partial charge in [-0.3, -0.25) is 9.78 Å². The summed E-state index contributed by atoms with van der Waals surface area (Å²) in [5, 5.41) is 0.866. The number of hydrogen-bond donors (Lipinski definition) is 1. The van der Waals surface area contributed by atoms with Crippen LogP contribution in [0.3, 0.4) is 0 Å². The lowest BCUT2D eigenvalue weighted by Gasteiger charge is -2.20. The summed E-state index contributed by atoms with van der Waals surface area (Å²) in [6, 6.07) is 3.78. The highest BCUT2D eigenvalue weighted by molar-refractivity contribution is 7.11. The zero-order chi connectivity index (χ0) is 14.7. The van der Waals surface area contributed by atoms with E-state index in [1.807, 2.05) is 24.1 Å². The number of pyridine rings is 1. The van der Waals surface area contributed by atoms with Crippen molar-refractivity contribution in [1.29, 1.82) is 0 Å². The van der Waals surface area contributed by atoms with E-state index in [0.717, 1.165) is 16.1 Å². The average Bonchev–Trinajstić information content (AvgIpc) is 2.81. The summed E-state index contributed by atoms with van der Waals surface area (Å²) in [7, 11) is 5.33. The molecule has 2 aromatic rings. The van der Waals surface area contributed by atoms with Gasteiger partial charge in [0.15, 0.2) is 0 Å². The van der Waals surface area contributed by atoms with E-state index in [0.29, 0.717) is 5.82 Å². The Kier molecular flexibility index (Phi) is 4.19. The fraction of sp³-hybridized carbons (Fsp3) is 0.308. The Morgan fingerprint density at radius 3 is 2.75 bits per heavy atom. The van der Waals surface area contributed by atoms with Crippen LogP contribution in [-0.2, 0) is 4.79 Å². The number of hydrogen-bond acceptors (Lipinski definition) is 6. The van der Waals surface area contributed by atoms with Crippen LogP contribution in [0.5, 0.6) is 0 Å². The number of aromatic nitrogens is 2. The Hall–Kier alpha value is -2.15. The van der Waals surface area contributed by atoms with Crippen molar-refractivity contribution in [2.75, 3.05) is 38.3 Å². The standard InChI is InChI=1S/C13H17N5OS/c1-17(2)10(19)8-18(3)13-11(12(14)16-20-13)9-5-4-6-15-7-9/h4-7H,8H2,1-3H3,(H2,14,16). The first-order valence-corrected chi connectivity index (χ1v) is 6.85. The molecule has 0 atom stereocenters. The van der Waals surface area contributed by atoms with Crippen LogP contribution in [-0.4, -0.2) is 47.9 Å². The van der Waals surface area contributed by atoms with Crippen molar-refractivity contribution >= 4 is 28.3 Å². The molecule has 2 aromatic heterocycles. The van der Waals surface area contributed by atoms with Crippen LogP contribution in [0, 0.1) is 0 Å². The van der Waals surface area contributed by atoms with Gasteiger partial charge >= 0.3 is 0 Å². The summed E-state index contributed by atoms with van der Waals surface area (Å²) in [4.78, 5) is 19.3. The van der Waals surface area contributed by atoms with Gasteiger partial charge in [-0.25, -0.2) is 0 Å². The van der Waals surface area contributed by atoms with Gasteiger partial charge in [-0.2, -0.15) is 4.37 Å². The second-order valence-electron chi connectivity index (χ2n) is 4.63. The number of anilines is 2. The second-order valence-corrected chi connectivity index (χ2v) is 5.39. The molecule has 1 amide bonds. The van der Waals surface area contributed by atoms with Gasteiger partial charge in [0, 0.05) is 39.1 Å². The van der Waals surface area contributed by atoms with E-state index in [1.54, 1.807) is 31.4 Å². The van der Waals surface area contributed by atoms with Gasteiger partial charge in [0.2, 0.25) is 5.91 Å². The minimum absolute atomic E-state index is 0.0246. The van der Waals surface area contributed by atoms with E-state index in [2.05, 4.69) is 9.36 Å². The molecule has 0 saturated carbocycles. The highest BCUT2D eigenvalue weighted by Gasteiger charge is 2.19. The molecule has 0 aliphatic heterocycles. The van der Waals surface area contributed by atoms with Gasteiger partial charge in [0.25, 0.3) is 0 Å². The number of rotatable bonds is 4. The fourth-order valence-electron chi connectivity index (χ4n) is 1.75. The molecule has 2 rings (SSSR count). The lowest BCUT2D eigenvalue weighted by atomic mass is 10.1. The van der Waals surface area contributed by atoms with Crippen LogP contribution in [0.15, 0.2) is 24.5 Å². The summed E-state index contributed by atoms with van der Waals surface area (Å²) < 4.78 is 4.19. The van der Waals surface area contributed by atoms with Gasteiger partial charge in [-0.05, 0) is 17.6 Å². The summed E-state index contributed by atoms with van der Waals surface area (Å²) in [5.74, 6) is 0.485. The van der Waals surface area contributed by atoms with Crippen LogP contribution >= 0.6 is 11.5 Å². The fourth-order valence-corrected chi connectivity index (χ4v) is 2.55. The van der Waals surface area contributed by atoms with Crippen LogP contribution in [0.4, 0.5) is 10.8 Å². The molecule has 0 saturated heterocycles. The maximum absolute atomic E-state index is 11.8. The lowest BCUT2D eigenvalue weighted by molar-refractivity contribution is -0.127. The summed E-state index contributed by atoms with van der Waals surface area (Å²) >= 11 is 1.29. The topological polar surface area (TPSA) is 75.4 Å². The third-order valence-electron chi connectivity index (χ3n) is 2.87. The van der Waals surface area contributed by atoms with Crippen molar-refractivity contribution in [3.63, 3.8) is 0 Å². The van der Waals surface area contributed by atoms with E-state index in [-0.39, 0.29) is 12.5 Å². The third-order valence-corrected chi connectivity index (χ3v) is 3.85. The van der Waals surface area contributed by atoms with E-state index in [9.17, 15) is 4.79 Å². The zero-order valence-electron chi connectivity index (χ0n) is 11.7. The molecule has 0 spiro atoms. The Bertz CT molecular complexity index is 596. The maximum atomic E-state index is 11.8. The largest absolute Gasteiger partial charge is 0.382 e. The number of carbonyl (C=O) groups excluding carboxylic acids is 1. The number of amides is 1. The number of nitrogen functional groups attached to an aromatic ring is 1. The molecule has 0 aliphatic rings. The summed E-state index contributed by atoms with van der Waals surface area (Å²) in [6.07, 6.45) is 3.45. The Morgan fingerprint density at radius 2 is 2.15 bits per heavy atom. The van der Waals surface area contributed by atoms with Gasteiger partial charge < -0.3 is 15.5 Å². The molecule has 0 bridgehead atoms. The molecular weight excluding hydrogens is 274 g/mol. The van der Waals surface area contributed by atoms with Crippen LogP contribution in [0.25, 0.3) is 11.1 Å². The lowest BCUT2D eigenvalue weighted by Crippen LogP contribution is -2.34. The Labute approximate surface area is 122 Å². The van der Waals surface area contributed by atoms with Crippen molar-refractivity contribution in [2.24, 2.45) is 0 Å². The van der Waals surface area contributed by atoms with Crippen molar-refractivity contribution in [1.82, 2.24) is 14.3 Å². The van der Waals surface area contributed by atoms with Gasteiger partial charge in [-0.15, -0.1) is 0 Å². The van der Waals surface area contributed by atoms with E-state index >= 15 is 0 Å². The SMILES string of the molecule is CN(C)C(=O)CN(C)c1snc(N)c1-c1cccnc1. The van der Waals surface area contributed by atoms with E-state index in [1.165, 1.54) is 11.5 Å². The Morgan fingerprint density at radius 1 is 1.40 bits per heavy atom. The normalized spacial score (nSPS) is 10.3. The van der Waals surface area contributed by atoms with Gasteiger partial charge in [0.1, 0.15) is 10.8 Å². The quantitative estimate of drug-likeness (QED) is 0.919. The van der Waals surface area contributed by atoms with E-state index < -0.39 is 0 Å². The first kappa shape index (κ1) is 14.3. The molecule has 0 aliphatic carbocycles. The molecule has 0 fully saturated rings. The molecule has 2 heterocycles. The monoisotopic (exact) mass is 291 g/mol. The first-order valence-electron chi connectivity index (χ1n) is 6.07. The smallest absolute Gasteiger partial charge is 0.241 e. The second kappa shape index (κ2) is 5.87. The maximum Gasteiger partial charge on any atom is 0.241 e.